The normalized spacial score (nSPS) is 11.1. The van der Waals surface area contributed by atoms with E-state index in [1.54, 1.807) is 7.11 Å². The van der Waals surface area contributed by atoms with E-state index in [2.05, 4.69) is 33.9 Å². The topological polar surface area (TPSA) is 39.1 Å². The van der Waals surface area contributed by atoms with Crippen LogP contribution in [0, 0.1) is 0 Å². The van der Waals surface area contributed by atoms with Crippen molar-refractivity contribution in [2.75, 3.05) is 20.3 Å². The highest BCUT2D eigenvalue weighted by atomic mass is 32.1. The van der Waals surface area contributed by atoms with Crippen LogP contribution in [-0.2, 0) is 24.2 Å². The first-order valence-electron chi connectivity index (χ1n) is 6.60. The van der Waals surface area contributed by atoms with Crippen LogP contribution in [-0.4, -0.2) is 29.8 Å². The van der Waals surface area contributed by atoms with E-state index in [1.807, 2.05) is 23.7 Å². The molecule has 0 bridgehead atoms. The highest BCUT2D eigenvalue weighted by Crippen LogP contribution is 2.18. The van der Waals surface area contributed by atoms with Gasteiger partial charge < -0.3 is 14.6 Å². The minimum Gasteiger partial charge on any atom is -0.383 e. The van der Waals surface area contributed by atoms with Crippen LogP contribution < -0.4 is 5.32 Å². The van der Waals surface area contributed by atoms with Crippen molar-refractivity contribution in [3.8, 4) is 0 Å². The molecule has 4 nitrogen and oxygen atoms in total. The first-order valence-corrected chi connectivity index (χ1v) is 7.42. The van der Waals surface area contributed by atoms with Crippen molar-refractivity contribution >= 4 is 11.3 Å². The fraction of sp³-hybridized carbons (Fsp3) is 0.500. The zero-order valence-corrected chi connectivity index (χ0v) is 12.4. The Morgan fingerprint density at radius 3 is 2.95 bits per heavy atom. The Bertz CT molecular complexity index is 492. The average molecular weight is 279 g/mol. The molecule has 0 aliphatic carbocycles. The minimum absolute atomic E-state index is 0.728. The molecule has 0 radical (unpaired) electrons. The molecule has 0 unspecified atom stereocenters. The lowest BCUT2D eigenvalue weighted by atomic mass is 10.3. The molecule has 0 fully saturated rings. The number of imidazole rings is 1. The van der Waals surface area contributed by atoms with Gasteiger partial charge >= 0.3 is 0 Å². The van der Waals surface area contributed by atoms with Crippen LogP contribution in [0.3, 0.4) is 0 Å². The summed E-state index contributed by atoms with van der Waals surface area (Å²) >= 11 is 1.88. The van der Waals surface area contributed by atoms with Gasteiger partial charge in [-0.05, 0) is 18.6 Å². The van der Waals surface area contributed by atoms with E-state index in [1.165, 1.54) is 9.75 Å². The Morgan fingerprint density at radius 1 is 1.37 bits per heavy atom. The van der Waals surface area contributed by atoms with Gasteiger partial charge in [0.2, 0.25) is 0 Å². The summed E-state index contributed by atoms with van der Waals surface area (Å²) in [6, 6.07) is 4.43. The van der Waals surface area contributed by atoms with Crippen molar-refractivity contribution in [1.82, 2.24) is 14.9 Å². The third-order valence-corrected chi connectivity index (χ3v) is 4.17. The van der Waals surface area contributed by atoms with Gasteiger partial charge in [-0.15, -0.1) is 11.3 Å². The van der Waals surface area contributed by atoms with Crippen molar-refractivity contribution in [3.63, 3.8) is 0 Å². The van der Waals surface area contributed by atoms with Crippen LogP contribution >= 0.6 is 11.3 Å². The van der Waals surface area contributed by atoms with Gasteiger partial charge in [0.05, 0.1) is 19.7 Å². The second kappa shape index (κ2) is 7.43. The molecular formula is C14H21N3OS. The number of rotatable bonds is 8. The molecule has 0 saturated carbocycles. The zero-order valence-electron chi connectivity index (χ0n) is 11.6. The van der Waals surface area contributed by atoms with Crippen LogP contribution in [0.15, 0.2) is 24.5 Å². The summed E-state index contributed by atoms with van der Waals surface area (Å²) < 4.78 is 7.21. The summed E-state index contributed by atoms with van der Waals surface area (Å²) in [5.41, 5.74) is 0. The van der Waals surface area contributed by atoms with Gasteiger partial charge in [-0.25, -0.2) is 4.98 Å². The van der Waals surface area contributed by atoms with E-state index >= 15 is 0 Å². The predicted octanol–water partition coefficient (Wildman–Crippen LogP) is 2.29. The largest absolute Gasteiger partial charge is 0.383 e. The number of methoxy groups -OCH3 is 1. The molecule has 0 saturated heterocycles. The van der Waals surface area contributed by atoms with E-state index in [0.717, 1.165) is 38.5 Å². The van der Waals surface area contributed by atoms with Crippen LogP contribution in [0.1, 0.15) is 22.5 Å². The molecule has 2 rings (SSSR count). The molecule has 1 N–H and O–H groups in total. The number of nitrogens with zero attached hydrogens (tertiary/aromatic N) is 2. The number of thiophene rings is 1. The van der Waals surface area contributed by atoms with Gasteiger partial charge in [0.1, 0.15) is 5.82 Å². The van der Waals surface area contributed by atoms with Gasteiger partial charge in [-0.2, -0.15) is 0 Å². The molecule has 0 atom stereocenters. The molecule has 0 aliphatic heterocycles. The standard InChI is InChI=1S/C14H21N3OS/c1-3-12-4-5-13(19-12)11-17-8-6-16-14(17)10-15-7-9-18-2/h4-6,8,15H,3,7,9-11H2,1-2H3. The van der Waals surface area contributed by atoms with Gasteiger partial charge in [0.25, 0.3) is 0 Å². The molecule has 0 spiro atoms. The molecule has 2 heterocycles. The number of hydrogen-bond donors (Lipinski definition) is 1. The fourth-order valence-corrected chi connectivity index (χ4v) is 2.85. The Kier molecular flexibility index (Phi) is 5.57. The van der Waals surface area contributed by atoms with Gasteiger partial charge in [0, 0.05) is 35.8 Å². The average Bonchev–Trinajstić information content (AvgIpc) is 3.05. The Morgan fingerprint density at radius 2 is 2.21 bits per heavy atom. The van der Waals surface area contributed by atoms with Crippen LogP contribution in [0.4, 0.5) is 0 Å². The van der Waals surface area contributed by atoms with Crippen LogP contribution in [0.5, 0.6) is 0 Å². The monoisotopic (exact) mass is 279 g/mol. The summed E-state index contributed by atoms with van der Waals surface area (Å²) in [5.74, 6) is 1.07. The van der Waals surface area contributed by atoms with Gasteiger partial charge in [-0.1, -0.05) is 6.92 Å². The minimum atomic E-state index is 0.728. The maximum absolute atomic E-state index is 5.01. The molecule has 0 amide bonds. The first kappa shape index (κ1) is 14.2. The van der Waals surface area contributed by atoms with E-state index in [-0.39, 0.29) is 0 Å². The quantitative estimate of drug-likeness (QED) is 0.754. The maximum Gasteiger partial charge on any atom is 0.122 e. The van der Waals surface area contributed by atoms with Crippen LogP contribution in [0.25, 0.3) is 0 Å². The van der Waals surface area contributed by atoms with E-state index in [9.17, 15) is 0 Å². The number of aromatic nitrogens is 2. The third kappa shape index (κ3) is 4.16. The summed E-state index contributed by atoms with van der Waals surface area (Å²) in [5, 5.41) is 3.33. The van der Waals surface area contributed by atoms with Crippen molar-refractivity contribution in [2.45, 2.75) is 26.4 Å². The molecule has 2 aromatic rings. The highest BCUT2D eigenvalue weighted by molar-refractivity contribution is 7.11. The second-order valence-corrected chi connectivity index (χ2v) is 5.62. The number of aryl methyl sites for hydroxylation is 1. The Labute approximate surface area is 118 Å². The Balaban J connectivity index is 1.91. The molecule has 0 aromatic carbocycles. The zero-order chi connectivity index (χ0) is 13.5. The van der Waals surface area contributed by atoms with Crippen molar-refractivity contribution < 1.29 is 4.74 Å². The molecular weight excluding hydrogens is 258 g/mol. The summed E-state index contributed by atoms with van der Waals surface area (Å²) in [4.78, 5) is 7.22. The van der Waals surface area contributed by atoms with E-state index < -0.39 is 0 Å². The molecule has 5 heteroatoms. The number of ether oxygens (including phenoxy) is 1. The number of nitrogens with one attached hydrogen (secondary N) is 1. The second-order valence-electron chi connectivity index (χ2n) is 4.36. The van der Waals surface area contributed by atoms with E-state index in [0.29, 0.717) is 0 Å². The van der Waals surface area contributed by atoms with Crippen LogP contribution in [0.2, 0.25) is 0 Å². The first-order chi connectivity index (χ1) is 9.33. The SMILES string of the molecule is CCc1ccc(Cn2ccnc2CNCCOC)s1. The lowest BCUT2D eigenvalue weighted by Gasteiger charge is -2.07. The van der Waals surface area contributed by atoms with E-state index in [4.69, 9.17) is 4.74 Å². The molecule has 0 aliphatic rings. The van der Waals surface area contributed by atoms with Crippen molar-refractivity contribution in [1.29, 1.82) is 0 Å². The van der Waals surface area contributed by atoms with Gasteiger partial charge in [-0.3, -0.25) is 0 Å². The molecule has 2 aromatic heterocycles. The highest BCUT2D eigenvalue weighted by Gasteiger charge is 2.05. The molecule has 19 heavy (non-hydrogen) atoms. The third-order valence-electron chi connectivity index (χ3n) is 2.96. The van der Waals surface area contributed by atoms with Crippen molar-refractivity contribution in [3.05, 3.63) is 40.1 Å². The fourth-order valence-electron chi connectivity index (χ4n) is 1.89. The number of hydrogen-bond acceptors (Lipinski definition) is 4. The lowest BCUT2D eigenvalue weighted by Crippen LogP contribution is -2.21. The van der Waals surface area contributed by atoms with Gasteiger partial charge in [0.15, 0.2) is 0 Å². The summed E-state index contributed by atoms with van der Waals surface area (Å²) in [6.45, 7) is 5.46. The predicted molar refractivity (Wildman–Crippen MR) is 78.6 cm³/mol. The maximum atomic E-state index is 5.01. The smallest absolute Gasteiger partial charge is 0.122 e. The molecule has 104 valence electrons. The lowest BCUT2D eigenvalue weighted by molar-refractivity contribution is 0.199. The summed E-state index contributed by atoms with van der Waals surface area (Å²) in [7, 11) is 1.71. The van der Waals surface area contributed by atoms with Crippen molar-refractivity contribution in [2.24, 2.45) is 0 Å². The Hall–Kier alpha value is -1.17. The summed E-state index contributed by atoms with van der Waals surface area (Å²) in [6.07, 6.45) is 5.01.